The van der Waals surface area contributed by atoms with E-state index in [4.69, 9.17) is 21.1 Å². The minimum Gasteiger partial charge on any atom is -0.505 e. The Bertz CT molecular complexity index is 1050. The predicted molar refractivity (Wildman–Crippen MR) is 115 cm³/mol. The van der Waals surface area contributed by atoms with Crippen LogP contribution in [0.3, 0.4) is 0 Å². The van der Waals surface area contributed by atoms with E-state index in [1.165, 1.54) is 11.1 Å². The van der Waals surface area contributed by atoms with Crippen LogP contribution in [-0.2, 0) is 4.74 Å². The van der Waals surface area contributed by atoms with Crippen molar-refractivity contribution in [2.75, 3.05) is 25.2 Å². The number of methoxy groups -OCH3 is 1. The number of pyridine rings is 1. The molecule has 0 saturated carbocycles. The monoisotopic (exact) mass is 424 g/mol. The number of hydrogen-bond donors (Lipinski definition) is 1. The van der Waals surface area contributed by atoms with Crippen molar-refractivity contribution in [3.63, 3.8) is 0 Å². The fraction of sp³-hybridized carbons (Fsp3) is 0.217. The third-order valence-electron chi connectivity index (χ3n) is 5.13. The van der Waals surface area contributed by atoms with E-state index in [1.54, 1.807) is 61.8 Å². The fourth-order valence-corrected chi connectivity index (χ4v) is 3.88. The molecule has 1 saturated heterocycles. The van der Waals surface area contributed by atoms with Crippen LogP contribution >= 0.6 is 11.6 Å². The summed E-state index contributed by atoms with van der Waals surface area (Å²) < 4.78 is 11.0. The SMILES string of the molecule is COc1ccc(N(C(=O)c2cccnc2)c2cccc(Cl)c2)c(O)c1[C@H]1CCOC1. The maximum atomic E-state index is 13.5. The van der Waals surface area contributed by atoms with Gasteiger partial charge in [0.2, 0.25) is 0 Å². The van der Waals surface area contributed by atoms with Crippen LogP contribution in [0.2, 0.25) is 5.02 Å². The van der Waals surface area contributed by atoms with Crippen LogP contribution in [-0.4, -0.2) is 36.3 Å². The van der Waals surface area contributed by atoms with Gasteiger partial charge in [-0.2, -0.15) is 0 Å². The van der Waals surface area contributed by atoms with E-state index in [2.05, 4.69) is 4.98 Å². The molecule has 0 unspecified atom stereocenters. The van der Waals surface area contributed by atoms with Crippen molar-refractivity contribution < 1.29 is 19.4 Å². The first kappa shape index (κ1) is 20.2. The number of ether oxygens (including phenoxy) is 2. The van der Waals surface area contributed by atoms with E-state index in [-0.39, 0.29) is 17.6 Å². The Morgan fingerprint density at radius 2 is 2.13 bits per heavy atom. The number of phenols is 1. The third kappa shape index (κ3) is 3.84. The van der Waals surface area contributed by atoms with Gasteiger partial charge in [0, 0.05) is 35.5 Å². The molecule has 154 valence electrons. The minimum absolute atomic E-state index is 0.0120. The quantitative estimate of drug-likeness (QED) is 0.628. The number of carbonyl (C=O) groups excluding carboxylic acids is 1. The van der Waals surface area contributed by atoms with E-state index in [9.17, 15) is 9.90 Å². The Morgan fingerprint density at radius 3 is 2.80 bits per heavy atom. The van der Waals surface area contributed by atoms with Crippen LogP contribution in [0.15, 0.2) is 60.9 Å². The average Bonchev–Trinajstić information content (AvgIpc) is 3.30. The number of phenolic OH excluding ortho intramolecular Hbond substituents is 1. The van der Waals surface area contributed by atoms with Crippen molar-refractivity contribution >= 4 is 28.9 Å². The molecular weight excluding hydrogens is 404 g/mol. The van der Waals surface area contributed by atoms with E-state index in [0.29, 0.717) is 46.5 Å². The zero-order valence-corrected chi connectivity index (χ0v) is 17.2. The van der Waals surface area contributed by atoms with Gasteiger partial charge in [0.15, 0.2) is 0 Å². The van der Waals surface area contributed by atoms with Crippen molar-refractivity contribution in [3.8, 4) is 11.5 Å². The van der Waals surface area contributed by atoms with E-state index in [0.717, 1.165) is 6.42 Å². The Labute approximate surface area is 179 Å². The summed E-state index contributed by atoms with van der Waals surface area (Å²) in [6.45, 7) is 1.10. The van der Waals surface area contributed by atoms with Crippen LogP contribution in [0.5, 0.6) is 11.5 Å². The Morgan fingerprint density at radius 1 is 1.27 bits per heavy atom. The molecule has 4 rings (SSSR count). The highest BCUT2D eigenvalue weighted by Crippen LogP contribution is 2.46. The number of aromatic nitrogens is 1. The highest BCUT2D eigenvalue weighted by Gasteiger charge is 2.30. The number of halogens is 1. The number of benzene rings is 2. The highest BCUT2D eigenvalue weighted by molar-refractivity contribution is 6.31. The summed E-state index contributed by atoms with van der Waals surface area (Å²) in [6, 6.07) is 13.7. The number of anilines is 2. The summed E-state index contributed by atoms with van der Waals surface area (Å²) in [5, 5.41) is 11.8. The lowest BCUT2D eigenvalue weighted by Crippen LogP contribution is -2.26. The highest BCUT2D eigenvalue weighted by atomic mass is 35.5. The van der Waals surface area contributed by atoms with E-state index in [1.807, 2.05) is 0 Å². The number of nitrogens with zero attached hydrogens (tertiary/aromatic N) is 2. The molecule has 0 spiro atoms. The summed E-state index contributed by atoms with van der Waals surface area (Å²) >= 11 is 6.20. The van der Waals surface area contributed by atoms with Gasteiger partial charge in [-0.05, 0) is 48.9 Å². The Balaban J connectivity index is 1.89. The second-order valence-electron chi connectivity index (χ2n) is 6.97. The average molecular weight is 425 g/mol. The largest absolute Gasteiger partial charge is 0.505 e. The number of aromatic hydroxyl groups is 1. The summed E-state index contributed by atoms with van der Waals surface area (Å²) in [6.07, 6.45) is 3.86. The summed E-state index contributed by atoms with van der Waals surface area (Å²) in [4.78, 5) is 19.0. The smallest absolute Gasteiger partial charge is 0.264 e. The van der Waals surface area contributed by atoms with Gasteiger partial charge in [0.25, 0.3) is 5.91 Å². The van der Waals surface area contributed by atoms with Crippen LogP contribution < -0.4 is 9.64 Å². The molecule has 0 aliphatic carbocycles. The van der Waals surface area contributed by atoms with E-state index >= 15 is 0 Å². The van der Waals surface area contributed by atoms with Crippen molar-refractivity contribution in [1.29, 1.82) is 0 Å². The standard InChI is InChI=1S/C23H21ClN2O4/c1-29-20-8-7-19(22(27)21(20)16-9-11-30-14-16)26(18-6-2-5-17(24)12-18)23(28)15-4-3-10-25-13-15/h2-8,10,12-13,16,27H,9,11,14H2,1H3/t16-/m0/s1. The molecule has 1 aliphatic rings. The molecule has 1 aliphatic heterocycles. The molecule has 30 heavy (non-hydrogen) atoms. The van der Waals surface area contributed by atoms with Crippen LogP contribution in [0, 0.1) is 0 Å². The first-order valence-corrected chi connectivity index (χ1v) is 9.95. The molecule has 1 fully saturated rings. The van der Waals surface area contributed by atoms with Gasteiger partial charge >= 0.3 is 0 Å². The molecule has 1 aromatic heterocycles. The Kier molecular flexibility index (Phi) is 5.88. The number of rotatable bonds is 5. The lowest BCUT2D eigenvalue weighted by molar-refractivity contribution is 0.0998. The maximum absolute atomic E-state index is 13.5. The molecule has 1 N–H and O–H groups in total. The van der Waals surface area contributed by atoms with Gasteiger partial charge < -0.3 is 14.6 Å². The summed E-state index contributed by atoms with van der Waals surface area (Å²) in [5.74, 6) is 0.197. The van der Waals surface area contributed by atoms with Crippen LogP contribution in [0.25, 0.3) is 0 Å². The molecule has 6 nitrogen and oxygen atoms in total. The molecule has 3 aromatic rings. The van der Waals surface area contributed by atoms with Crippen LogP contribution in [0.1, 0.15) is 28.3 Å². The van der Waals surface area contributed by atoms with Gasteiger partial charge in [-0.1, -0.05) is 17.7 Å². The molecular formula is C23H21ClN2O4. The lowest BCUT2D eigenvalue weighted by atomic mass is 9.95. The zero-order chi connectivity index (χ0) is 21.1. The molecule has 7 heteroatoms. The zero-order valence-electron chi connectivity index (χ0n) is 16.4. The molecule has 0 bridgehead atoms. The van der Waals surface area contributed by atoms with Gasteiger partial charge in [0.05, 0.1) is 30.7 Å². The van der Waals surface area contributed by atoms with Gasteiger partial charge in [0.1, 0.15) is 11.5 Å². The normalized spacial score (nSPS) is 15.7. The fourth-order valence-electron chi connectivity index (χ4n) is 3.69. The first-order chi connectivity index (χ1) is 14.6. The topological polar surface area (TPSA) is 71.9 Å². The van der Waals surface area contributed by atoms with Crippen molar-refractivity contribution in [2.45, 2.75) is 12.3 Å². The maximum Gasteiger partial charge on any atom is 0.264 e. The molecule has 2 aromatic carbocycles. The number of carbonyl (C=O) groups is 1. The van der Waals surface area contributed by atoms with Crippen LogP contribution in [0.4, 0.5) is 11.4 Å². The minimum atomic E-state index is -0.334. The lowest BCUT2D eigenvalue weighted by Gasteiger charge is -2.26. The summed E-state index contributed by atoms with van der Waals surface area (Å²) in [7, 11) is 1.56. The second-order valence-corrected chi connectivity index (χ2v) is 7.41. The first-order valence-electron chi connectivity index (χ1n) is 9.57. The van der Waals surface area contributed by atoms with E-state index < -0.39 is 0 Å². The van der Waals surface area contributed by atoms with Crippen molar-refractivity contribution in [1.82, 2.24) is 4.98 Å². The van der Waals surface area contributed by atoms with Gasteiger partial charge in [-0.25, -0.2) is 0 Å². The molecule has 0 radical (unpaired) electrons. The van der Waals surface area contributed by atoms with Crippen molar-refractivity contribution in [3.05, 3.63) is 77.1 Å². The van der Waals surface area contributed by atoms with Crippen molar-refractivity contribution in [2.24, 2.45) is 0 Å². The summed E-state index contributed by atoms with van der Waals surface area (Å²) in [5.41, 5.74) is 1.90. The third-order valence-corrected chi connectivity index (χ3v) is 5.37. The molecule has 2 heterocycles. The number of hydrogen-bond acceptors (Lipinski definition) is 5. The number of amides is 1. The van der Waals surface area contributed by atoms with Gasteiger partial charge in [-0.15, -0.1) is 0 Å². The predicted octanol–water partition coefficient (Wildman–Crippen LogP) is 4.93. The van der Waals surface area contributed by atoms with Gasteiger partial charge in [-0.3, -0.25) is 14.7 Å². The second kappa shape index (κ2) is 8.73. The Hall–Kier alpha value is -3.09. The molecule has 1 atom stereocenters. The molecule has 1 amide bonds.